The summed E-state index contributed by atoms with van der Waals surface area (Å²) < 4.78 is 95.4. The molecule has 1 unspecified atom stereocenters. The molecular weight excluding hydrogens is 534 g/mol. The van der Waals surface area contributed by atoms with Gasteiger partial charge in [-0.2, -0.15) is 4.98 Å². The molecule has 3 rings (SSSR count). The van der Waals surface area contributed by atoms with Crippen molar-refractivity contribution in [2.45, 2.75) is 51.0 Å². The molecule has 0 spiro atoms. The third kappa shape index (κ3) is 6.55. The number of carbonyl (C=O) groups excluding carboxylic acids is 1. The van der Waals surface area contributed by atoms with Crippen molar-refractivity contribution in [2.24, 2.45) is 5.92 Å². The first-order valence-corrected chi connectivity index (χ1v) is 13.1. The number of aliphatic hydroxyl groups excluding tert-OH is 1. The maximum absolute atomic E-state index is 15.7. The minimum absolute atomic E-state index is 0.0459. The van der Waals surface area contributed by atoms with Gasteiger partial charge in [0.2, 0.25) is 5.67 Å². The highest BCUT2D eigenvalue weighted by atomic mass is 31.2. The van der Waals surface area contributed by atoms with Gasteiger partial charge >= 0.3 is 19.3 Å². The molecular formula is C23H29F3N3O8P. The van der Waals surface area contributed by atoms with Gasteiger partial charge in [-0.05, 0) is 26.0 Å². The average Bonchev–Trinajstić information content (AvgIpc) is 3.12. The van der Waals surface area contributed by atoms with Gasteiger partial charge in [-0.1, -0.05) is 25.1 Å². The molecule has 210 valence electrons. The van der Waals surface area contributed by atoms with Crippen LogP contribution in [0.25, 0.3) is 0 Å². The van der Waals surface area contributed by atoms with E-state index < -0.39 is 86.4 Å². The molecule has 15 heteroatoms. The summed E-state index contributed by atoms with van der Waals surface area (Å²) in [5, 5.41) is 10.6. The quantitative estimate of drug-likeness (QED) is 0.307. The topological polar surface area (TPSA) is 152 Å². The number of carbonyl (C=O) groups is 1. The maximum atomic E-state index is 15.7. The van der Waals surface area contributed by atoms with E-state index in [0.29, 0.717) is 6.20 Å². The second kappa shape index (κ2) is 11.9. The molecule has 38 heavy (non-hydrogen) atoms. The smallest absolute Gasteiger partial charge is 0.380 e. The lowest BCUT2D eigenvalue weighted by atomic mass is 9.97. The number of anilines is 1. The number of aromatic nitrogens is 2. The number of alkyl halides is 2. The van der Waals surface area contributed by atoms with Crippen LogP contribution in [0.2, 0.25) is 0 Å². The summed E-state index contributed by atoms with van der Waals surface area (Å²) in [6.07, 6.45) is -8.42. The molecule has 0 saturated carbocycles. The molecule has 0 aliphatic carbocycles. The van der Waals surface area contributed by atoms with Gasteiger partial charge in [0.1, 0.15) is 24.6 Å². The van der Waals surface area contributed by atoms with Gasteiger partial charge < -0.3 is 24.8 Å². The van der Waals surface area contributed by atoms with Crippen LogP contribution < -0.4 is 15.9 Å². The van der Waals surface area contributed by atoms with E-state index in [4.69, 9.17) is 27.0 Å². The first kappa shape index (κ1) is 26.7. The number of esters is 1. The number of halogens is 3. The SMILES string of the molecule is [2H]C([2H])(O[P@](=O)(C[C@@H](C)C(=O)OC(C)C)Oc1ccccc1)[C@H]1O[C@@H](n2cc(F)c(N)nc2=O)C(F)(CF)[C@H]1O. The third-order valence-electron chi connectivity index (χ3n) is 5.40. The zero-order valence-corrected chi connectivity index (χ0v) is 21.5. The summed E-state index contributed by atoms with van der Waals surface area (Å²) in [5.41, 5.74) is 0.326. The summed E-state index contributed by atoms with van der Waals surface area (Å²) >= 11 is 0. The molecule has 0 radical (unpaired) electrons. The number of rotatable bonds is 11. The van der Waals surface area contributed by atoms with Crippen molar-refractivity contribution in [3.8, 4) is 5.75 Å². The number of hydrogen-bond acceptors (Lipinski definition) is 10. The van der Waals surface area contributed by atoms with Crippen molar-refractivity contribution in [2.75, 3.05) is 25.1 Å². The molecule has 3 N–H and O–H groups in total. The van der Waals surface area contributed by atoms with Gasteiger partial charge in [-0.15, -0.1) is 0 Å². The minimum Gasteiger partial charge on any atom is -0.463 e. The minimum atomic E-state index is -4.70. The Morgan fingerprint density at radius 2 is 2.03 bits per heavy atom. The number of hydrogen-bond donors (Lipinski definition) is 2. The number of para-hydroxylation sites is 1. The van der Waals surface area contributed by atoms with Gasteiger partial charge in [-0.25, -0.2) is 22.5 Å². The molecule has 1 aromatic heterocycles. The van der Waals surface area contributed by atoms with Crippen molar-refractivity contribution in [3.05, 3.63) is 52.8 Å². The van der Waals surface area contributed by atoms with Crippen LogP contribution in [0.1, 0.15) is 29.7 Å². The Hall–Kier alpha value is -2.93. The number of ether oxygens (including phenoxy) is 2. The number of nitrogens with zero attached hydrogens (tertiary/aromatic N) is 2. The Bertz CT molecular complexity index is 1320. The molecule has 1 aromatic carbocycles. The third-order valence-corrected chi connectivity index (χ3v) is 7.27. The van der Waals surface area contributed by atoms with Crippen LogP contribution in [0.5, 0.6) is 5.75 Å². The van der Waals surface area contributed by atoms with Crippen LogP contribution in [-0.2, 0) is 23.4 Å². The summed E-state index contributed by atoms with van der Waals surface area (Å²) in [6, 6.07) is 7.36. The van der Waals surface area contributed by atoms with Crippen LogP contribution in [0, 0.1) is 11.7 Å². The van der Waals surface area contributed by atoms with E-state index in [9.17, 15) is 28.0 Å². The van der Waals surface area contributed by atoms with Crippen LogP contribution in [-0.4, -0.2) is 64.0 Å². The molecule has 1 aliphatic rings. The lowest BCUT2D eigenvalue weighted by Gasteiger charge is -2.26. The van der Waals surface area contributed by atoms with E-state index in [0.717, 1.165) is 0 Å². The van der Waals surface area contributed by atoms with Crippen molar-refractivity contribution < 1.29 is 48.9 Å². The lowest BCUT2D eigenvalue weighted by Crippen LogP contribution is -2.47. The Labute approximate surface area is 219 Å². The number of nitrogen functional groups attached to an aromatic ring is 1. The molecule has 6 atom stereocenters. The van der Waals surface area contributed by atoms with Gasteiger partial charge in [-0.3, -0.25) is 13.9 Å². The van der Waals surface area contributed by atoms with Gasteiger partial charge in [0.05, 0.1) is 33.7 Å². The second-order valence-electron chi connectivity index (χ2n) is 8.87. The molecule has 0 bridgehead atoms. The Morgan fingerprint density at radius 3 is 2.63 bits per heavy atom. The largest absolute Gasteiger partial charge is 0.463 e. The van der Waals surface area contributed by atoms with Crippen molar-refractivity contribution in [1.82, 2.24) is 9.55 Å². The van der Waals surface area contributed by atoms with E-state index >= 15 is 4.39 Å². The highest BCUT2D eigenvalue weighted by molar-refractivity contribution is 7.54. The number of benzene rings is 1. The first-order valence-electron chi connectivity index (χ1n) is 12.4. The summed E-state index contributed by atoms with van der Waals surface area (Å²) in [5.74, 6) is -4.14. The van der Waals surface area contributed by atoms with E-state index in [-0.39, 0.29) is 10.3 Å². The fourth-order valence-electron chi connectivity index (χ4n) is 3.51. The van der Waals surface area contributed by atoms with Gasteiger partial charge in [0, 0.05) is 0 Å². The lowest BCUT2D eigenvalue weighted by molar-refractivity contribution is -0.151. The van der Waals surface area contributed by atoms with E-state index in [1.165, 1.54) is 31.2 Å². The molecule has 2 heterocycles. The number of nitrogens with two attached hydrogens (primary N) is 1. The predicted molar refractivity (Wildman–Crippen MR) is 128 cm³/mol. The average molecular weight is 565 g/mol. The first-order chi connectivity index (χ1) is 18.5. The van der Waals surface area contributed by atoms with Crippen LogP contribution in [0.15, 0.2) is 41.3 Å². The van der Waals surface area contributed by atoms with E-state index in [1.54, 1.807) is 19.9 Å². The number of aliphatic hydroxyl groups is 1. The molecule has 1 fully saturated rings. The van der Waals surface area contributed by atoms with Crippen LogP contribution in [0.4, 0.5) is 19.0 Å². The Balaban J connectivity index is 1.97. The maximum Gasteiger partial charge on any atom is 0.380 e. The highest BCUT2D eigenvalue weighted by Crippen LogP contribution is 2.51. The van der Waals surface area contributed by atoms with Gasteiger partial charge in [0.15, 0.2) is 17.9 Å². The van der Waals surface area contributed by atoms with Crippen LogP contribution in [0.3, 0.4) is 0 Å². The highest BCUT2D eigenvalue weighted by Gasteiger charge is 2.59. The van der Waals surface area contributed by atoms with Crippen molar-refractivity contribution in [3.63, 3.8) is 0 Å². The fourth-order valence-corrected chi connectivity index (χ4v) is 5.22. The standard InChI is InChI=1S/C23H29F3N3O8P/c1-13(2)35-20(31)14(3)11-38(33,37-15-7-5-4-6-8-15)34-10-17-18(30)23(26,12-24)21(36-17)29-9-16(25)19(27)28-22(29)32/h4-9,13-14,17-18,21,30H,10-12H2,1-3H3,(H2,27,28,32)/t14-,17-,18+,21-,23?,38-/m1/s1/i10D2. The zero-order chi connectivity index (χ0) is 30.0. The van der Waals surface area contributed by atoms with Crippen molar-refractivity contribution in [1.29, 1.82) is 0 Å². The molecule has 1 saturated heterocycles. The summed E-state index contributed by atoms with van der Waals surface area (Å²) in [7, 11) is -4.70. The summed E-state index contributed by atoms with van der Waals surface area (Å²) in [4.78, 5) is 27.8. The monoisotopic (exact) mass is 565 g/mol. The predicted octanol–water partition coefficient (Wildman–Crippen LogP) is 2.78. The van der Waals surface area contributed by atoms with Gasteiger partial charge in [0.25, 0.3) is 0 Å². The van der Waals surface area contributed by atoms with Crippen molar-refractivity contribution >= 4 is 19.4 Å². The molecule has 0 amide bonds. The zero-order valence-electron chi connectivity index (χ0n) is 22.6. The normalized spacial score (nSPS) is 26.8. The fraction of sp³-hybridized carbons (Fsp3) is 0.522. The van der Waals surface area contributed by atoms with Crippen LogP contribution >= 0.6 is 7.60 Å². The van der Waals surface area contributed by atoms with E-state index in [1.807, 2.05) is 0 Å². The summed E-state index contributed by atoms with van der Waals surface area (Å²) in [6.45, 7) is -0.920. The Morgan fingerprint density at radius 1 is 1.37 bits per heavy atom. The molecule has 11 nitrogen and oxygen atoms in total. The molecule has 2 aromatic rings. The van der Waals surface area contributed by atoms with E-state index in [2.05, 4.69) is 4.98 Å². The second-order valence-corrected chi connectivity index (χ2v) is 10.8. The Kier molecular flexibility index (Phi) is 8.32. The molecule has 1 aliphatic heterocycles.